The summed E-state index contributed by atoms with van der Waals surface area (Å²) in [6.07, 6.45) is 8.28. The van der Waals surface area contributed by atoms with Crippen molar-refractivity contribution in [1.29, 1.82) is 0 Å². The zero-order chi connectivity index (χ0) is 33.6. The fourth-order valence-electron chi connectivity index (χ4n) is 7.06. The van der Waals surface area contributed by atoms with Gasteiger partial charge in [-0.2, -0.15) is 0 Å². The van der Waals surface area contributed by atoms with E-state index in [4.69, 9.17) is 4.74 Å². The van der Waals surface area contributed by atoms with Gasteiger partial charge >= 0.3 is 5.97 Å². The van der Waals surface area contributed by atoms with E-state index in [0.717, 1.165) is 76.5 Å². The van der Waals surface area contributed by atoms with Crippen LogP contribution in [0.2, 0.25) is 0 Å². The number of aryl methyl sites for hydroxylation is 1. The molecule has 1 saturated heterocycles. The molecular formula is C43H40N2O4. The largest absolute Gasteiger partial charge is 0.493 e. The van der Waals surface area contributed by atoms with Crippen molar-refractivity contribution in [3.63, 3.8) is 0 Å². The number of carbonyl (C=O) groups excluding carboxylic acids is 1. The Bertz CT molecular complexity index is 2120. The maximum absolute atomic E-state index is 13.4. The van der Waals surface area contributed by atoms with E-state index in [1.54, 1.807) is 0 Å². The molecule has 1 fully saturated rings. The van der Waals surface area contributed by atoms with E-state index in [2.05, 4.69) is 41.4 Å². The van der Waals surface area contributed by atoms with Crippen molar-refractivity contribution in [3.8, 4) is 5.75 Å². The third-order valence-corrected chi connectivity index (χ3v) is 9.62. The van der Waals surface area contributed by atoms with Crippen LogP contribution in [0.4, 0.5) is 0 Å². The highest BCUT2D eigenvalue weighted by molar-refractivity contribution is 6.01. The summed E-state index contributed by atoms with van der Waals surface area (Å²) in [4.78, 5) is 30.9. The first-order valence-corrected chi connectivity index (χ1v) is 17.1. The second-order valence-electron chi connectivity index (χ2n) is 12.9. The number of carboxylic acid groups (broad SMARTS) is 1. The molecule has 49 heavy (non-hydrogen) atoms. The van der Waals surface area contributed by atoms with Gasteiger partial charge in [0.25, 0.3) is 5.91 Å². The van der Waals surface area contributed by atoms with Crippen LogP contribution in [-0.4, -0.2) is 46.6 Å². The van der Waals surface area contributed by atoms with Gasteiger partial charge in [-0.3, -0.25) is 4.79 Å². The average Bonchev–Trinajstić information content (AvgIpc) is 3.52. The Kier molecular flexibility index (Phi) is 9.55. The number of para-hydroxylation sites is 1. The number of piperidine rings is 1. The number of nitrogens with one attached hydrogen (secondary N) is 1. The van der Waals surface area contributed by atoms with Gasteiger partial charge in [-0.1, -0.05) is 109 Å². The lowest BCUT2D eigenvalue weighted by atomic mass is 9.90. The molecule has 0 atom stereocenters. The van der Waals surface area contributed by atoms with E-state index in [1.165, 1.54) is 5.56 Å². The number of benzene rings is 5. The number of likely N-dealkylation sites (tertiary alicyclic amines) is 1. The molecule has 246 valence electrons. The van der Waals surface area contributed by atoms with Crippen molar-refractivity contribution in [2.75, 3.05) is 19.7 Å². The Morgan fingerprint density at radius 1 is 0.816 bits per heavy atom. The van der Waals surface area contributed by atoms with E-state index < -0.39 is 5.97 Å². The molecule has 0 bridgehead atoms. The normalized spacial score (nSPS) is 13.8. The third-order valence-electron chi connectivity index (χ3n) is 9.62. The van der Waals surface area contributed by atoms with Crippen LogP contribution in [0.25, 0.3) is 33.8 Å². The molecule has 6 nitrogen and oxygen atoms in total. The van der Waals surface area contributed by atoms with E-state index in [1.807, 2.05) is 95.9 Å². The van der Waals surface area contributed by atoms with Gasteiger partial charge < -0.3 is 19.7 Å². The topological polar surface area (TPSA) is 82.6 Å². The van der Waals surface area contributed by atoms with Crippen molar-refractivity contribution in [1.82, 2.24) is 9.88 Å². The van der Waals surface area contributed by atoms with Gasteiger partial charge in [0.2, 0.25) is 0 Å². The number of amides is 1. The number of carboxylic acids is 1. The molecule has 2 N–H and O–H groups in total. The van der Waals surface area contributed by atoms with Gasteiger partial charge in [0.15, 0.2) is 0 Å². The van der Waals surface area contributed by atoms with Crippen molar-refractivity contribution >= 4 is 45.7 Å². The molecule has 6 aromatic rings. The highest BCUT2D eigenvalue weighted by Crippen LogP contribution is 2.30. The summed E-state index contributed by atoms with van der Waals surface area (Å²) in [7, 11) is 0. The minimum absolute atomic E-state index is 0.0695. The lowest BCUT2D eigenvalue weighted by Crippen LogP contribution is -2.38. The number of rotatable bonds is 11. The Labute approximate surface area is 286 Å². The molecule has 1 aliphatic heterocycles. The standard InChI is InChI=1S/C43H40N2O4/c46-42(45-25-23-32(24-26-45)28-30-10-2-1-3-11-30)35-16-6-12-31(29-35)21-22-34-15-7-18-37-38(41(43(47)48)44-40(34)37)19-9-27-49-39-20-8-14-33-13-4-5-17-36(33)39/h1-8,10-18,20-22,29,32,44H,9,19,23-28H2,(H,47,48)/b22-21+. The van der Waals surface area contributed by atoms with Gasteiger partial charge in [-0.15, -0.1) is 0 Å². The van der Waals surface area contributed by atoms with Gasteiger partial charge in [-0.05, 0) is 83.9 Å². The number of hydrogen-bond acceptors (Lipinski definition) is 3. The molecule has 0 radical (unpaired) electrons. The molecule has 1 aromatic heterocycles. The van der Waals surface area contributed by atoms with E-state index in [-0.39, 0.29) is 11.6 Å². The highest BCUT2D eigenvalue weighted by Gasteiger charge is 2.24. The predicted octanol–water partition coefficient (Wildman–Crippen LogP) is 9.30. The molecular weight excluding hydrogens is 608 g/mol. The lowest BCUT2D eigenvalue weighted by molar-refractivity contribution is 0.0681. The van der Waals surface area contributed by atoms with Crippen molar-refractivity contribution in [2.24, 2.45) is 5.92 Å². The molecule has 0 aliphatic carbocycles. The number of hydrogen-bond donors (Lipinski definition) is 2. The summed E-state index contributed by atoms with van der Waals surface area (Å²) in [6, 6.07) is 38.4. The SMILES string of the molecule is O=C(O)c1[nH]c2c(/C=C/c3cccc(C(=O)N4CCC(Cc5ccccc5)CC4)c3)cccc2c1CCCOc1cccc2ccccc12. The first-order valence-electron chi connectivity index (χ1n) is 17.1. The lowest BCUT2D eigenvalue weighted by Gasteiger charge is -2.32. The number of aromatic amines is 1. The average molecular weight is 649 g/mol. The summed E-state index contributed by atoms with van der Waals surface area (Å²) < 4.78 is 6.14. The zero-order valence-corrected chi connectivity index (χ0v) is 27.5. The number of ether oxygens (including phenoxy) is 1. The summed E-state index contributed by atoms with van der Waals surface area (Å²) in [5.74, 6) is 0.519. The van der Waals surface area contributed by atoms with Gasteiger partial charge in [0.05, 0.1) is 12.1 Å². The maximum Gasteiger partial charge on any atom is 0.352 e. The van der Waals surface area contributed by atoms with E-state index in [9.17, 15) is 14.7 Å². The van der Waals surface area contributed by atoms with Crippen LogP contribution in [0.15, 0.2) is 115 Å². The third kappa shape index (κ3) is 7.29. The Morgan fingerprint density at radius 2 is 1.55 bits per heavy atom. The molecule has 1 aliphatic rings. The van der Waals surface area contributed by atoms with Crippen molar-refractivity contribution in [3.05, 3.63) is 149 Å². The second-order valence-corrected chi connectivity index (χ2v) is 12.9. The van der Waals surface area contributed by atoms with Gasteiger partial charge in [0.1, 0.15) is 11.4 Å². The smallest absolute Gasteiger partial charge is 0.352 e. The number of aromatic nitrogens is 1. The number of H-pyrrole nitrogens is 1. The van der Waals surface area contributed by atoms with Crippen LogP contribution in [0.5, 0.6) is 5.75 Å². The monoisotopic (exact) mass is 648 g/mol. The van der Waals surface area contributed by atoms with Crippen LogP contribution in [0, 0.1) is 5.92 Å². The van der Waals surface area contributed by atoms with Crippen LogP contribution >= 0.6 is 0 Å². The first kappa shape index (κ1) is 32.0. The number of carbonyl (C=O) groups is 2. The van der Waals surface area contributed by atoms with E-state index in [0.29, 0.717) is 30.9 Å². The maximum atomic E-state index is 13.4. The summed E-state index contributed by atoms with van der Waals surface area (Å²) in [5.41, 5.74) is 5.61. The molecule has 2 heterocycles. The Hall–Kier alpha value is -5.62. The molecule has 7 rings (SSSR count). The first-order chi connectivity index (χ1) is 24.0. The van der Waals surface area contributed by atoms with Crippen molar-refractivity contribution < 1.29 is 19.4 Å². The zero-order valence-electron chi connectivity index (χ0n) is 27.5. The molecule has 6 heteroatoms. The molecule has 0 spiro atoms. The van der Waals surface area contributed by atoms with Crippen LogP contribution in [-0.2, 0) is 12.8 Å². The van der Waals surface area contributed by atoms with Crippen LogP contribution < -0.4 is 4.74 Å². The predicted molar refractivity (Wildman–Crippen MR) is 197 cm³/mol. The minimum atomic E-state index is -0.980. The van der Waals surface area contributed by atoms with Gasteiger partial charge in [0, 0.05) is 29.4 Å². The molecule has 0 saturated carbocycles. The number of fused-ring (bicyclic) bond motifs is 2. The quantitative estimate of drug-likeness (QED) is 0.108. The molecule has 1 amide bonds. The summed E-state index contributed by atoms with van der Waals surface area (Å²) in [6.45, 7) is 2.02. The second kappa shape index (κ2) is 14.7. The summed E-state index contributed by atoms with van der Waals surface area (Å²) >= 11 is 0. The Morgan fingerprint density at radius 3 is 2.39 bits per heavy atom. The Balaban J connectivity index is 1.02. The molecule has 5 aromatic carbocycles. The highest BCUT2D eigenvalue weighted by atomic mass is 16.5. The number of nitrogens with zero attached hydrogens (tertiary/aromatic N) is 1. The summed E-state index contributed by atoms with van der Waals surface area (Å²) in [5, 5.41) is 13.2. The van der Waals surface area contributed by atoms with Crippen LogP contribution in [0.1, 0.15) is 62.4 Å². The minimum Gasteiger partial charge on any atom is -0.493 e. The van der Waals surface area contributed by atoms with E-state index >= 15 is 0 Å². The molecule has 0 unspecified atom stereocenters. The van der Waals surface area contributed by atoms with Crippen LogP contribution in [0.3, 0.4) is 0 Å². The fraction of sp³-hybridized carbons (Fsp3) is 0.209. The number of aromatic carboxylic acids is 1. The van der Waals surface area contributed by atoms with Crippen molar-refractivity contribution in [2.45, 2.75) is 32.1 Å². The van der Waals surface area contributed by atoms with Gasteiger partial charge in [-0.25, -0.2) is 4.79 Å². The fourth-order valence-corrected chi connectivity index (χ4v) is 7.06.